The predicted molar refractivity (Wildman–Crippen MR) is 114 cm³/mol. The fourth-order valence-electron chi connectivity index (χ4n) is 3.89. The predicted octanol–water partition coefficient (Wildman–Crippen LogP) is 4.12. The lowest BCUT2D eigenvalue weighted by Gasteiger charge is -2.35. The van der Waals surface area contributed by atoms with Crippen LogP contribution in [0.2, 0.25) is 10.0 Å². The van der Waals surface area contributed by atoms with Gasteiger partial charge in [0.05, 0.1) is 16.1 Å². The van der Waals surface area contributed by atoms with Crippen LogP contribution in [0.4, 0.5) is 5.69 Å². The third-order valence-electron chi connectivity index (χ3n) is 5.39. The maximum atomic E-state index is 12.8. The Hall–Kier alpha value is -1.30. The van der Waals surface area contributed by atoms with Crippen molar-refractivity contribution in [3.05, 3.63) is 28.2 Å². The van der Waals surface area contributed by atoms with Crippen molar-refractivity contribution in [3.8, 4) is 0 Å². The molecule has 5 nitrogen and oxygen atoms in total. The Morgan fingerprint density at radius 2 is 1.79 bits per heavy atom. The molecule has 0 spiro atoms. The highest BCUT2D eigenvalue weighted by Gasteiger charge is 2.35. The van der Waals surface area contributed by atoms with Crippen molar-refractivity contribution in [2.24, 2.45) is 5.41 Å². The number of carbonyl (C=O) groups is 2. The first-order chi connectivity index (χ1) is 13.1. The molecule has 2 amide bonds. The van der Waals surface area contributed by atoms with Gasteiger partial charge in [-0.1, -0.05) is 44.0 Å². The van der Waals surface area contributed by atoms with E-state index in [9.17, 15) is 9.59 Å². The molecule has 2 fully saturated rings. The van der Waals surface area contributed by atoms with E-state index in [1.807, 2.05) is 11.0 Å². The molecule has 0 aromatic heterocycles. The topological polar surface area (TPSA) is 52.7 Å². The van der Waals surface area contributed by atoms with Gasteiger partial charge in [0.1, 0.15) is 0 Å². The van der Waals surface area contributed by atoms with Crippen LogP contribution in [0.15, 0.2) is 18.2 Å². The molecule has 1 aromatic carbocycles. The molecular weight excluding hydrogens is 397 g/mol. The van der Waals surface area contributed by atoms with Crippen LogP contribution in [-0.2, 0) is 9.59 Å². The molecule has 1 N–H and O–H groups in total. The number of likely N-dealkylation sites (tertiary alicyclic amines) is 1. The molecule has 7 heteroatoms. The molecule has 2 aliphatic rings. The maximum absolute atomic E-state index is 12.8. The molecule has 1 atom stereocenters. The van der Waals surface area contributed by atoms with Gasteiger partial charge in [-0.3, -0.25) is 9.59 Å². The molecule has 28 heavy (non-hydrogen) atoms. The van der Waals surface area contributed by atoms with Gasteiger partial charge >= 0.3 is 0 Å². The normalized spacial score (nSPS) is 21.5. The Kier molecular flexibility index (Phi) is 6.58. The second-order valence-corrected chi connectivity index (χ2v) is 9.80. The number of nitrogens with one attached hydrogen (secondary N) is 1. The van der Waals surface area contributed by atoms with Crippen molar-refractivity contribution < 1.29 is 9.59 Å². The lowest BCUT2D eigenvalue weighted by atomic mass is 9.91. The molecule has 0 unspecified atom stereocenters. The molecule has 2 heterocycles. The van der Waals surface area contributed by atoms with Gasteiger partial charge in [-0.05, 0) is 42.9 Å². The molecule has 0 radical (unpaired) electrons. The Morgan fingerprint density at radius 1 is 1.11 bits per heavy atom. The zero-order valence-corrected chi connectivity index (χ0v) is 18.3. The first kappa shape index (κ1) is 21.4. The zero-order valence-electron chi connectivity index (χ0n) is 16.8. The van der Waals surface area contributed by atoms with E-state index >= 15 is 0 Å². The number of anilines is 1. The van der Waals surface area contributed by atoms with E-state index in [2.05, 4.69) is 26.1 Å². The van der Waals surface area contributed by atoms with Crippen LogP contribution in [-0.4, -0.2) is 48.4 Å². The van der Waals surface area contributed by atoms with E-state index < -0.39 is 0 Å². The summed E-state index contributed by atoms with van der Waals surface area (Å²) in [5.41, 5.74) is 0.794. The molecule has 1 aromatic rings. The monoisotopic (exact) mass is 425 g/mol. The van der Waals surface area contributed by atoms with Crippen molar-refractivity contribution >= 4 is 40.7 Å². The quantitative estimate of drug-likeness (QED) is 0.788. The molecule has 3 rings (SSSR count). The van der Waals surface area contributed by atoms with Crippen LogP contribution in [0.25, 0.3) is 0 Å². The Bertz CT molecular complexity index is 740. The van der Waals surface area contributed by atoms with E-state index in [-0.39, 0.29) is 29.3 Å². The molecule has 2 aliphatic heterocycles. The second-order valence-electron chi connectivity index (χ2n) is 8.99. The lowest BCUT2D eigenvalue weighted by Crippen LogP contribution is -2.50. The van der Waals surface area contributed by atoms with E-state index in [1.54, 1.807) is 17.0 Å². The number of carbonyl (C=O) groups excluding carboxylic acids is 2. The van der Waals surface area contributed by atoms with Crippen LogP contribution in [0.3, 0.4) is 0 Å². The van der Waals surface area contributed by atoms with Crippen molar-refractivity contribution in [2.75, 3.05) is 24.5 Å². The van der Waals surface area contributed by atoms with Crippen molar-refractivity contribution in [1.29, 1.82) is 0 Å². The first-order valence-corrected chi connectivity index (χ1v) is 10.7. The molecular formula is C21H29Cl2N3O2. The van der Waals surface area contributed by atoms with Gasteiger partial charge in [0.2, 0.25) is 11.8 Å². The third kappa shape index (κ3) is 5.19. The van der Waals surface area contributed by atoms with E-state index in [0.717, 1.165) is 38.0 Å². The molecule has 0 bridgehead atoms. The third-order valence-corrected chi connectivity index (χ3v) is 6.13. The summed E-state index contributed by atoms with van der Waals surface area (Å²) in [6.07, 6.45) is 3.10. The van der Waals surface area contributed by atoms with Gasteiger partial charge in [0.25, 0.3) is 0 Å². The van der Waals surface area contributed by atoms with Gasteiger partial charge < -0.3 is 15.1 Å². The lowest BCUT2D eigenvalue weighted by molar-refractivity contribution is -0.134. The number of hydrogen-bond acceptors (Lipinski definition) is 3. The summed E-state index contributed by atoms with van der Waals surface area (Å²) in [5.74, 6) is 0.304. The fourth-order valence-corrected chi connectivity index (χ4v) is 4.18. The minimum absolute atomic E-state index is 0.0104. The van der Waals surface area contributed by atoms with Crippen molar-refractivity contribution in [1.82, 2.24) is 10.2 Å². The smallest absolute Gasteiger partial charge is 0.244 e. The number of nitrogens with zero attached hydrogens (tertiary/aromatic N) is 2. The first-order valence-electron chi connectivity index (χ1n) is 9.94. The summed E-state index contributed by atoms with van der Waals surface area (Å²) in [6.45, 7) is 8.44. The Labute approximate surface area is 177 Å². The highest BCUT2D eigenvalue weighted by molar-refractivity contribution is 6.42. The van der Waals surface area contributed by atoms with E-state index in [0.29, 0.717) is 23.0 Å². The summed E-state index contributed by atoms with van der Waals surface area (Å²) in [5, 5.41) is 4.45. The maximum Gasteiger partial charge on any atom is 0.244 e. The van der Waals surface area contributed by atoms with Crippen molar-refractivity contribution in [3.63, 3.8) is 0 Å². The fraction of sp³-hybridized carbons (Fsp3) is 0.619. The average Bonchev–Trinajstić information content (AvgIpc) is 2.97. The van der Waals surface area contributed by atoms with Crippen LogP contribution < -0.4 is 10.2 Å². The van der Waals surface area contributed by atoms with Gasteiger partial charge in [-0.15, -0.1) is 0 Å². The van der Waals surface area contributed by atoms with Gasteiger partial charge in [-0.25, -0.2) is 0 Å². The number of amides is 2. The van der Waals surface area contributed by atoms with E-state index in [4.69, 9.17) is 23.2 Å². The number of hydrogen-bond donors (Lipinski definition) is 1. The molecule has 2 saturated heterocycles. The molecule has 154 valence electrons. The summed E-state index contributed by atoms with van der Waals surface area (Å²) in [7, 11) is 0. The van der Waals surface area contributed by atoms with Gasteiger partial charge in [-0.2, -0.15) is 0 Å². The van der Waals surface area contributed by atoms with Crippen LogP contribution in [0.1, 0.15) is 46.5 Å². The number of piperidine rings is 1. The minimum atomic E-state index is -0.184. The van der Waals surface area contributed by atoms with Crippen LogP contribution in [0, 0.1) is 5.41 Å². The zero-order chi connectivity index (χ0) is 20.5. The summed E-state index contributed by atoms with van der Waals surface area (Å²) < 4.78 is 0. The second kappa shape index (κ2) is 8.60. The average molecular weight is 426 g/mol. The highest BCUT2D eigenvalue weighted by atomic mass is 35.5. The summed E-state index contributed by atoms with van der Waals surface area (Å²) >= 11 is 12.1. The Balaban J connectivity index is 1.51. The van der Waals surface area contributed by atoms with Gasteiger partial charge in [0, 0.05) is 37.8 Å². The van der Waals surface area contributed by atoms with E-state index in [1.165, 1.54) is 0 Å². The highest BCUT2D eigenvalue weighted by Crippen LogP contribution is 2.30. The standard InChI is InChI=1S/C21H29Cl2N3O2/c1-21(2,3)13-19(27)25-9-6-14(7-10-25)24-18-8-11-26(20(18)28)15-4-5-16(22)17(23)12-15/h4-5,12,14,18,24H,6-11,13H2,1-3H3/t18-/m0/s1. The largest absolute Gasteiger partial charge is 0.343 e. The van der Waals surface area contributed by atoms with Crippen molar-refractivity contribution in [2.45, 2.75) is 58.5 Å². The summed E-state index contributed by atoms with van der Waals surface area (Å²) in [4.78, 5) is 28.9. The van der Waals surface area contributed by atoms with Crippen LogP contribution in [0.5, 0.6) is 0 Å². The Morgan fingerprint density at radius 3 is 2.39 bits per heavy atom. The molecule has 0 saturated carbocycles. The number of rotatable bonds is 4. The van der Waals surface area contributed by atoms with Crippen LogP contribution >= 0.6 is 23.2 Å². The number of halogens is 2. The molecule has 0 aliphatic carbocycles. The van der Waals surface area contributed by atoms with Gasteiger partial charge in [0.15, 0.2) is 0 Å². The summed E-state index contributed by atoms with van der Waals surface area (Å²) in [6, 6.07) is 5.37. The minimum Gasteiger partial charge on any atom is -0.343 e. The SMILES string of the molecule is CC(C)(C)CC(=O)N1CCC(N[C@H]2CCN(c3ccc(Cl)c(Cl)c3)C2=O)CC1. The number of benzene rings is 1.